The van der Waals surface area contributed by atoms with Gasteiger partial charge < -0.3 is 23.8 Å². The van der Waals surface area contributed by atoms with Gasteiger partial charge in [-0.15, -0.1) is 0 Å². The lowest BCUT2D eigenvalue weighted by Gasteiger charge is -2.27. The van der Waals surface area contributed by atoms with E-state index in [1.54, 1.807) is 46.6 Å². The van der Waals surface area contributed by atoms with Crippen LogP contribution in [0.15, 0.2) is 36.4 Å². The Morgan fingerprint density at radius 1 is 0.963 bits per heavy atom. The fraction of sp³-hybridized carbons (Fsp3) is 0.381. The predicted molar refractivity (Wildman–Crippen MR) is 102 cm³/mol. The molecule has 0 aliphatic carbocycles. The topological polar surface area (TPSA) is 57.2 Å². The summed E-state index contributed by atoms with van der Waals surface area (Å²) < 4.78 is 21.6. The number of para-hydroxylation sites is 1. The van der Waals surface area contributed by atoms with E-state index in [2.05, 4.69) is 0 Å². The maximum Gasteiger partial charge on any atom is 0.258 e. The van der Waals surface area contributed by atoms with Crippen molar-refractivity contribution >= 4 is 5.91 Å². The van der Waals surface area contributed by atoms with E-state index < -0.39 is 0 Å². The molecule has 144 valence electrons. The Morgan fingerprint density at radius 2 is 1.74 bits per heavy atom. The van der Waals surface area contributed by atoms with Gasteiger partial charge in [-0.3, -0.25) is 4.79 Å². The van der Waals surface area contributed by atoms with Gasteiger partial charge in [0.15, 0.2) is 11.5 Å². The maximum absolute atomic E-state index is 13.3. The van der Waals surface area contributed by atoms with Crippen LogP contribution in [0.3, 0.4) is 0 Å². The SMILES string of the molecule is COc1ccc(C2CCCN2C(=O)c2cccc(OC)c2OC)c(OC)c1. The second kappa shape index (κ2) is 8.20. The van der Waals surface area contributed by atoms with Crippen LogP contribution >= 0.6 is 0 Å². The minimum Gasteiger partial charge on any atom is -0.497 e. The first-order valence-electron chi connectivity index (χ1n) is 8.88. The molecule has 0 spiro atoms. The van der Waals surface area contributed by atoms with Gasteiger partial charge in [-0.05, 0) is 37.1 Å². The largest absolute Gasteiger partial charge is 0.497 e. The molecule has 1 fully saturated rings. The lowest BCUT2D eigenvalue weighted by atomic mass is 10.0. The van der Waals surface area contributed by atoms with Crippen molar-refractivity contribution in [3.05, 3.63) is 47.5 Å². The molecular formula is C21H25NO5. The van der Waals surface area contributed by atoms with Crippen molar-refractivity contribution in [2.24, 2.45) is 0 Å². The first kappa shape index (κ1) is 18.9. The summed E-state index contributed by atoms with van der Waals surface area (Å²) in [6.45, 7) is 0.680. The van der Waals surface area contributed by atoms with E-state index >= 15 is 0 Å². The minimum absolute atomic E-state index is 0.0609. The molecule has 27 heavy (non-hydrogen) atoms. The zero-order chi connectivity index (χ0) is 19.4. The lowest BCUT2D eigenvalue weighted by Crippen LogP contribution is -2.31. The molecule has 2 aromatic carbocycles. The number of carbonyl (C=O) groups excluding carboxylic acids is 1. The van der Waals surface area contributed by atoms with Crippen molar-refractivity contribution in [2.45, 2.75) is 18.9 Å². The average molecular weight is 371 g/mol. The number of ether oxygens (including phenoxy) is 4. The first-order valence-corrected chi connectivity index (χ1v) is 8.88. The molecule has 1 unspecified atom stereocenters. The highest BCUT2D eigenvalue weighted by Crippen LogP contribution is 2.41. The molecule has 0 aromatic heterocycles. The molecule has 1 saturated heterocycles. The lowest BCUT2D eigenvalue weighted by molar-refractivity contribution is 0.0730. The summed E-state index contributed by atoms with van der Waals surface area (Å²) in [6.07, 6.45) is 1.80. The molecule has 0 radical (unpaired) electrons. The Morgan fingerprint density at radius 3 is 2.41 bits per heavy atom. The van der Waals surface area contributed by atoms with E-state index in [1.165, 1.54) is 0 Å². The van der Waals surface area contributed by atoms with Gasteiger partial charge in [0.1, 0.15) is 11.5 Å². The van der Waals surface area contributed by atoms with Gasteiger partial charge in [0.05, 0.1) is 40.0 Å². The fourth-order valence-electron chi connectivity index (χ4n) is 3.64. The van der Waals surface area contributed by atoms with E-state index in [9.17, 15) is 4.79 Å². The molecule has 0 saturated carbocycles. The smallest absolute Gasteiger partial charge is 0.258 e. The van der Waals surface area contributed by atoms with E-state index in [0.29, 0.717) is 23.6 Å². The maximum atomic E-state index is 13.3. The first-order chi connectivity index (χ1) is 13.1. The van der Waals surface area contributed by atoms with Crippen LogP contribution in [0, 0.1) is 0 Å². The summed E-state index contributed by atoms with van der Waals surface area (Å²) in [4.78, 5) is 15.2. The number of benzene rings is 2. The van der Waals surface area contributed by atoms with Crippen molar-refractivity contribution in [2.75, 3.05) is 35.0 Å². The number of amides is 1. The quantitative estimate of drug-likeness (QED) is 0.775. The number of methoxy groups -OCH3 is 4. The molecule has 2 aromatic rings. The van der Waals surface area contributed by atoms with Crippen molar-refractivity contribution in [3.8, 4) is 23.0 Å². The molecule has 1 atom stereocenters. The number of hydrogen-bond donors (Lipinski definition) is 0. The highest BCUT2D eigenvalue weighted by Gasteiger charge is 2.34. The van der Waals surface area contributed by atoms with Gasteiger partial charge >= 0.3 is 0 Å². The van der Waals surface area contributed by atoms with Crippen molar-refractivity contribution in [1.29, 1.82) is 0 Å². The molecule has 6 nitrogen and oxygen atoms in total. The summed E-state index contributed by atoms with van der Waals surface area (Å²) >= 11 is 0. The highest BCUT2D eigenvalue weighted by atomic mass is 16.5. The van der Waals surface area contributed by atoms with Gasteiger partial charge in [0.25, 0.3) is 5.91 Å². The normalized spacial score (nSPS) is 16.1. The molecule has 0 N–H and O–H groups in total. The summed E-state index contributed by atoms with van der Waals surface area (Å²) in [5.41, 5.74) is 1.47. The molecular weight excluding hydrogens is 346 g/mol. The molecule has 1 aliphatic heterocycles. The number of likely N-dealkylation sites (tertiary alicyclic amines) is 1. The third-order valence-corrected chi connectivity index (χ3v) is 4.95. The van der Waals surface area contributed by atoms with Gasteiger partial charge in [0.2, 0.25) is 0 Å². The second-order valence-electron chi connectivity index (χ2n) is 6.31. The van der Waals surface area contributed by atoms with Crippen LogP contribution in [-0.2, 0) is 0 Å². The minimum atomic E-state index is -0.0777. The van der Waals surface area contributed by atoms with Crippen LogP contribution in [-0.4, -0.2) is 45.8 Å². The summed E-state index contributed by atoms with van der Waals surface area (Å²) in [7, 11) is 6.36. The number of carbonyl (C=O) groups is 1. The zero-order valence-corrected chi connectivity index (χ0v) is 16.2. The third kappa shape index (κ3) is 3.52. The van der Waals surface area contributed by atoms with Crippen LogP contribution in [0.25, 0.3) is 0 Å². The van der Waals surface area contributed by atoms with Crippen LogP contribution in [0.2, 0.25) is 0 Å². The highest BCUT2D eigenvalue weighted by molar-refractivity contribution is 5.98. The Labute approximate surface area is 159 Å². The van der Waals surface area contributed by atoms with Crippen molar-refractivity contribution < 1.29 is 23.7 Å². The van der Waals surface area contributed by atoms with Crippen molar-refractivity contribution in [3.63, 3.8) is 0 Å². The third-order valence-electron chi connectivity index (χ3n) is 4.95. The van der Waals surface area contributed by atoms with Gasteiger partial charge in [-0.2, -0.15) is 0 Å². The number of nitrogens with zero attached hydrogens (tertiary/aromatic N) is 1. The summed E-state index contributed by atoms with van der Waals surface area (Å²) in [5.74, 6) is 2.36. The predicted octanol–water partition coefficient (Wildman–Crippen LogP) is 3.70. The van der Waals surface area contributed by atoms with E-state index in [1.807, 2.05) is 23.1 Å². The van der Waals surface area contributed by atoms with E-state index in [-0.39, 0.29) is 11.9 Å². The molecule has 1 amide bonds. The summed E-state index contributed by atoms with van der Waals surface area (Å²) in [5, 5.41) is 0. The van der Waals surface area contributed by atoms with Crippen molar-refractivity contribution in [1.82, 2.24) is 4.90 Å². The van der Waals surface area contributed by atoms with E-state index in [4.69, 9.17) is 18.9 Å². The van der Waals surface area contributed by atoms with Crippen LogP contribution in [0.5, 0.6) is 23.0 Å². The molecule has 0 bridgehead atoms. The van der Waals surface area contributed by atoms with Gasteiger partial charge in [0, 0.05) is 18.2 Å². The number of rotatable bonds is 6. The number of hydrogen-bond acceptors (Lipinski definition) is 5. The fourth-order valence-corrected chi connectivity index (χ4v) is 3.64. The Kier molecular flexibility index (Phi) is 5.74. The van der Waals surface area contributed by atoms with Crippen LogP contribution in [0.1, 0.15) is 34.8 Å². The Hall–Kier alpha value is -2.89. The van der Waals surface area contributed by atoms with Gasteiger partial charge in [-0.25, -0.2) is 0 Å². The molecule has 6 heteroatoms. The molecule has 3 rings (SSSR count). The second-order valence-corrected chi connectivity index (χ2v) is 6.31. The van der Waals surface area contributed by atoms with Crippen LogP contribution < -0.4 is 18.9 Å². The monoisotopic (exact) mass is 371 g/mol. The molecule has 1 aliphatic rings. The van der Waals surface area contributed by atoms with Crippen LogP contribution in [0.4, 0.5) is 0 Å². The average Bonchev–Trinajstić information content (AvgIpc) is 3.21. The standard InChI is InChI=1S/C21H25NO5/c1-24-14-10-11-15(19(13-14)26-3)17-8-6-12-22(17)21(23)16-7-5-9-18(25-2)20(16)27-4/h5,7,9-11,13,17H,6,8,12H2,1-4H3. The van der Waals surface area contributed by atoms with Gasteiger partial charge in [-0.1, -0.05) is 6.07 Å². The molecule has 1 heterocycles. The Bertz CT molecular complexity index is 820. The van der Waals surface area contributed by atoms with E-state index in [0.717, 1.165) is 29.9 Å². The zero-order valence-electron chi connectivity index (χ0n) is 16.2. The summed E-state index contributed by atoms with van der Waals surface area (Å²) in [6, 6.07) is 11.0. The Balaban J connectivity index is 1.97.